The van der Waals surface area contributed by atoms with E-state index in [0.717, 1.165) is 33.6 Å². The second-order valence-electron chi connectivity index (χ2n) is 13.0. The lowest BCUT2D eigenvalue weighted by Crippen LogP contribution is -2.63. The topological polar surface area (TPSA) is 113 Å². The van der Waals surface area contributed by atoms with Gasteiger partial charge in [-0.05, 0) is 58.4 Å². The number of benzene rings is 4. The average molecular weight is 642 g/mol. The van der Waals surface area contributed by atoms with Crippen molar-refractivity contribution in [3.63, 3.8) is 0 Å². The van der Waals surface area contributed by atoms with Gasteiger partial charge in [0.25, 0.3) is 5.91 Å². The summed E-state index contributed by atoms with van der Waals surface area (Å²) >= 11 is 0. The van der Waals surface area contributed by atoms with Gasteiger partial charge in [0.1, 0.15) is 8.07 Å². The molecule has 1 amide bonds. The number of hydrogen-bond donors (Lipinski definition) is 1. The van der Waals surface area contributed by atoms with Crippen molar-refractivity contribution < 1.29 is 14.3 Å². The first-order valence-corrected chi connectivity index (χ1v) is 18.4. The van der Waals surface area contributed by atoms with E-state index < -0.39 is 19.6 Å². The molecule has 0 unspecified atom stereocenters. The van der Waals surface area contributed by atoms with Crippen LogP contribution in [0.2, 0.25) is 13.1 Å². The monoisotopic (exact) mass is 641 g/mol. The van der Waals surface area contributed by atoms with Crippen LogP contribution < -0.4 is 25.5 Å². The van der Waals surface area contributed by atoms with Crippen molar-refractivity contribution in [2.24, 2.45) is 0 Å². The summed E-state index contributed by atoms with van der Waals surface area (Å²) in [5.41, 5.74) is 6.21. The van der Waals surface area contributed by atoms with Gasteiger partial charge in [0, 0.05) is 73.9 Å². The molecule has 0 bridgehead atoms. The fourth-order valence-electron chi connectivity index (χ4n) is 6.74. The predicted molar refractivity (Wildman–Crippen MR) is 184 cm³/mol. The lowest BCUT2D eigenvalue weighted by Gasteiger charge is -2.44. The minimum Gasteiger partial charge on any atom is -0.441 e. The van der Waals surface area contributed by atoms with Crippen molar-refractivity contribution in [2.45, 2.75) is 25.2 Å². The normalized spacial score (nSPS) is 14.9. The highest BCUT2D eigenvalue weighted by Gasteiger charge is 2.56. The highest BCUT2D eigenvalue weighted by molar-refractivity contribution is 7.01. The summed E-state index contributed by atoms with van der Waals surface area (Å²) in [6, 6.07) is 25.7. The quantitative estimate of drug-likeness (QED) is 0.220. The maximum atomic E-state index is 13.6. The Balaban J connectivity index is 1.29. The van der Waals surface area contributed by atoms with E-state index >= 15 is 0 Å². The number of nitrogens with one attached hydrogen (secondary N) is 1. The fraction of sp³-hybridized carbons (Fsp3) is 0.222. The minimum absolute atomic E-state index is 0.247. The summed E-state index contributed by atoms with van der Waals surface area (Å²) in [5, 5.41) is 21.0. The van der Waals surface area contributed by atoms with Gasteiger partial charge in [0.05, 0.1) is 5.56 Å². The third-order valence-corrected chi connectivity index (χ3v) is 12.9. The number of carbonyl (C=O) groups excluding carboxylic acids is 2. The van der Waals surface area contributed by atoms with Crippen LogP contribution in [0.15, 0.2) is 85.2 Å². The lowest BCUT2D eigenvalue weighted by molar-refractivity contribution is 0.0255. The maximum absolute atomic E-state index is 13.6. The van der Waals surface area contributed by atoms with Crippen LogP contribution in [-0.2, 0) is 16.9 Å². The zero-order valence-electron chi connectivity index (χ0n) is 27.2. The molecule has 2 aliphatic rings. The van der Waals surface area contributed by atoms with E-state index in [1.54, 1.807) is 12.1 Å². The van der Waals surface area contributed by atoms with E-state index in [9.17, 15) is 9.59 Å². The van der Waals surface area contributed by atoms with Gasteiger partial charge in [0.2, 0.25) is 5.82 Å². The number of nitrogens with zero attached hydrogens (tertiary/aromatic N) is 6. The van der Waals surface area contributed by atoms with Gasteiger partial charge in [-0.25, -0.2) is 4.79 Å². The molecule has 11 heteroatoms. The fourth-order valence-corrected chi connectivity index (χ4v) is 9.91. The number of fused-ring (bicyclic) bond motifs is 6. The smallest absolute Gasteiger partial charge is 0.340 e. The Bertz CT molecular complexity index is 1990. The Labute approximate surface area is 274 Å². The van der Waals surface area contributed by atoms with E-state index in [1.165, 1.54) is 16.7 Å². The largest absolute Gasteiger partial charge is 0.441 e. The van der Waals surface area contributed by atoms with Crippen LogP contribution in [0.1, 0.15) is 43.0 Å². The number of esters is 1. The summed E-state index contributed by atoms with van der Waals surface area (Å²) in [4.78, 5) is 31.5. The molecule has 1 N–H and O–H groups in total. The minimum atomic E-state index is -2.27. The van der Waals surface area contributed by atoms with Gasteiger partial charge in [-0.1, -0.05) is 49.5 Å². The molecule has 3 heterocycles. The van der Waals surface area contributed by atoms with Crippen molar-refractivity contribution >= 4 is 41.7 Å². The average Bonchev–Trinajstić information content (AvgIpc) is 3.38. The van der Waals surface area contributed by atoms with E-state index in [0.29, 0.717) is 29.1 Å². The molecular formula is C36H35N7O3Si. The molecule has 1 spiro atoms. The van der Waals surface area contributed by atoms with Gasteiger partial charge in [-0.15, -0.1) is 20.4 Å². The van der Waals surface area contributed by atoms with E-state index in [-0.39, 0.29) is 5.91 Å². The van der Waals surface area contributed by atoms with E-state index in [1.807, 2.05) is 58.5 Å². The van der Waals surface area contributed by atoms with Crippen molar-refractivity contribution in [2.75, 3.05) is 38.0 Å². The first kappa shape index (κ1) is 30.2. The lowest BCUT2D eigenvalue weighted by atomic mass is 9.78. The first-order valence-electron chi connectivity index (χ1n) is 15.4. The molecule has 0 atom stereocenters. The third-order valence-electron chi connectivity index (χ3n) is 9.34. The Morgan fingerprint density at radius 1 is 0.787 bits per heavy atom. The Hall–Kier alpha value is -5.42. The molecule has 0 saturated carbocycles. The van der Waals surface area contributed by atoms with Crippen molar-refractivity contribution in [1.29, 1.82) is 0 Å². The molecule has 236 valence electrons. The molecular weight excluding hydrogens is 607 g/mol. The van der Waals surface area contributed by atoms with Crippen LogP contribution in [0.5, 0.6) is 0 Å². The number of anilines is 2. The number of aromatic nitrogens is 4. The van der Waals surface area contributed by atoms with Gasteiger partial charge in [-0.2, -0.15) is 0 Å². The van der Waals surface area contributed by atoms with E-state index in [4.69, 9.17) is 4.74 Å². The van der Waals surface area contributed by atoms with Crippen LogP contribution in [0.4, 0.5) is 11.4 Å². The first-order chi connectivity index (χ1) is 22.5. The molecule has 10 nitrogen and oxygen atoms in total. The molecule has 2 aliphatic heterocycles. The summed E-state index contributed by atoms with van der Waals surface area (Å²) < 4.78 is 6.52. The Morgan fingerprint density at radius 3 is 1.96 bits per heavy atom. The molecule has 0 saturated heterocycles. The summed E-state index contributed by atoms with van der Waals surface area (Å²) in [6.45, 7) is 5.02. The second kappa shape index (κ2) is 11.1. The highest BCUT2D eigenvalue weighted by atomic mass is 28.3. The molecule has 5 aromatic rings. The summed E-state index contributed by atoms with van der Waals surface area (Å²) in [7, 11) is 5.85. The van der Waals surface area contributed by atoms with Crippen LogP contribution in [-0.4, -0.2) is 68.5 Å². The molecule has 0 aliphatic carbocycles. The van der Waals surface area contributed by atoms with Crippen LogP contribution >= 0.6 is 0 Å². The van der Waals surface area contributed by atoms with Crippen molar-refractivity contribution in [1.82, 2.24) is 25.7 Å². The van der Waals surface area contributed by atoms with Crippen molar-refractivity contribution in [3.05, 3.63) is 119 Å². The zero-order chi connectivity index (χ0) is 33.1. The molecule has 4 aromatic carbocycles. The highest BCUT2D eigenvalue weighted by Crippen LogP contribution is 2.49. The molecule has 0 radical (unpaired) electrons. The number of ether oxygens (including phenoxy) is 1. The molecule has 0 fully saturated rings. The Morgan fingerprint density at radius 2 is 1.38 bits per heavy atom. The van der Waals surface area contributed by atoms with Crippen LogP contribution in [0.25, 0.3) is 11.4 Å². The number of hydrogen-bond acceptors (Lipinski definition) is 9. The molecule has 7 rings (SSSR count). The second-order valence-corrected chi connectivity index (χ2v) is 17.3. The van der Waals surface area contributed by atoms with Crippen LogP contribution in [0.3, 0.4) is 0 Å². The van der Waals surface area contributed by atoms with Gasteiger partial charge in [0.15, 0.2) is 11.9 Å². The van der Waals surface area contributed by atoms with Gasteiger partial charge >= 0.3 is 5.97 Å². The van der Waals surface area contributed by atoms with E-state index in [2.05, 4.69) is 85.0 Å². The van der Waals surface area contributed by atoms with Gasteiger partial charge in [-0.3, -0.25) is 4.79 Å². The summed E-state index contributed by atoms with van der Waals surface area (Å²) in [6.07, 6.45) is 1.28. The maximum Gasteiger partial charge on any atom is 0.340 e. The third kappa shape index (κ3) is 4.85. The van der Waals surface area contributed by atoms with Crippen molar-refractivity contribution in [3.8, 4) is 11.4 Å². The number of carbonyl (C=O) groups is 2. The number of amides is 1. The number of rotatable bonds is 6. The molecule has 47 heavy (non-hydrogen) atoms. The zero-order valence-corrected chi connectivity index (χ0v) is 28.2. The van der Waals surface area contributed by atoms with Crippen LogP contribution in [0, 0.1) is 0 Å². The summed E-state index contributed by atoms with van der Waals surface area (Å²) in [5.74, 6) is -0.214. The standard InChI is InChI=1S/C36H35N7O3Si/c1-42(2)25-12-15-28-31(18-25)47(5,6)32-19-26(43(3)4)13-16-29(32)36(28)30-17-24(11-14-27(30)35(45)46-36)34(44)37-20-22-7-9-23(10-8-22)33-40-38-21-39-41-33/h7-19,21H,20H2,1-6H3,(H,37,44). The Kier molecular flexibility index (Phi) is 7.16. The van der Waals surface area contributed by atoms with Gasteiger partial charge < -0.3 is 19.9 Å². The molecule has 1 aromatic heterocycles. The predicted octanol–water partition coefficient (Wildman–Crippen LogP) is 3.59. The SMILES string of the molecule is CN(C)c1ccc2c(c1)[Si](C)(C)c1cc(N(C)C)ccc1C21OC(=O)c2ccc(C(=O)NCc3ccc(-c4nncnn4)cc3)cc21.